The molecule has 5 unspecified atom stereocenters. The van der Waals surface area contributed by atoms with Gasteiger partial charge in [-0.15, -0.1) is 11.3 Å². The second-order valence-corrected chi connectivity index (χ2v) is 19.5. The van der Waals surface area contributed by atoms with Crippen molar-refractivity contribution in [3.63, 3.8) is 0 Å². The Kier molecular flexibility index (Phi) is 6.44. The normalized spacial score (nSPS) is 27.5. The van der Waals surface area contributed by atoms with Crippen molar-refractivity contribution in [1.29, 1.82) is 0 Å². The third-order valence-corrected chi connectivity index (χ3v) is 17.4. The summed E-state index contributed by atoms with van der Waals surface area (Å²) in [7, 11) is 0. The molecule has 7 aliphatic carbocycles. The van der Waals surface area contributed by atoms with Gasteiger partial charge < -0.3 is 4.90 Å². The minimum Gasteiger partial charge on any atom is -0.310 e. The average Bonchev–Trinajstić information content (AvgIpc) is 3.84. The molecule has 6 atom stereocenters. The number of benzene rings is 6. The molecule has 0 N–H and O–H groups in total. The molecule has 2 spiro atoms. The molecule has 5 saturated carbocycles. The maximum Gasteiger partial charge on any atom is 0.0543 e. The summed E-state index contributed by atoms with van der Waals surface area (Å²) in [4.78, 5) is 2.68. The number of thiophene rings is 1. The van der Waals surface area contributed by atoms with Crippen LogP contribution in [-0.2, 0) is 10.8 Å². The predicted octanol–water partition coefficient (Wildman–Crippen LogP) is 14.7. The first-order chi connectivity index (χ1) is 27.1. The average molecular weight is 730 g/mol. The van der Waals surface area contributed by atoms with Gasteiger partial charge in [0.05, 0.1) is 5.69 Å². The van der Waals surface area contributed by atoms with Crippen LogP contribution in [0.1, 0.15) is 87.0 Å². The summed E-state index contributed by atoms with van der Waals surface area (Å²) >= 11 is 1.92. The molecule has 0 aliphatic heterocycles. The van der Waals surface area contributed by atoms with E-state index in [0.29, 0.717) is 5.92 Å². The molecule has 0 amide bonds. The van der Waals surface area contributed by atoms with E-state index in [1.165, 1.54) is 117 Å². The highest BCUT2D eigenvalue weighted by Gasteiger charge is 2.64. The minimum atomic E-state index is 0.103. The van der Waals surface area contributed by atoms with Gasteiger partial charge in [0.2, 0.25) is 0 Å². The van der Waals surface area contributed by atoms with E-state index in [2.05, 4.69) is 139 Å². The summed E-state index contributed by atoms with van der Waals surface area (Å²) in [5.41, 5.74) is 16.4. The van der Waals surface area contributed by atoms with E-state index in [1.54, 1.807) is 22.3 Å². The first kappa shape index (κ1) is 31.5. The zero-order valence-corrected chi connectivity index (χ0v) is 32.5. The maximum atomic E-state index is 2.71. The molecular formula is C53H47NS. The van der Waals surface area contributed by atoms with Gasteiger partial charge in [-0.3, -0.25) is 0 Å². The van der Waals surface area contributed by atoms with Crippen LogP contribution in [0.15, 0.2) is 127 Å². The van der Waals surface area contributed by atoms with Gasteiger partial charge in [0, 0.05) is 47.9 Å². The van der Waals surface area contributed by atoms with Crippen molar-refractivity contribution in [2.24, 2.45) is 29.6 Å². The molecule has 1 aromatic heterocycles. The Morgan fingerprint density at radius 2 is 1.29 bits per heavy atom. The van der Waals surface area contributed by atoms with Gasteiger partial charge >= 0.3 is 0 Å². The van der Waals surface area contributed by atoms with Crippen molar-refractivity contribution in [3.8, 4) is 22.3 Å². The van der Waals surface area contributed by atoms with E-state index in [-0.39, 0.29) is 10.8 Å². The van der Waals surface area contributed by atoms with Crippen LogP contribution in [0.4, 0.5) is 17.1 Å². The highest BCUT2D eigenvalue weighted by atomic mass is 32.1. The van der Waals surface area contributed by atoms with Gasteiger partial charge in [0.25, 0.3) is 0 Å². The topological polar surface area (TPSA) is 3.24 Å². The molecule has 270 valence electrons. The predicted molar refractivity (Wildman–Crippen MR) is 231 cm³/mol. The van der Waals surface area contributed by atoms with E-state index >= 15 is 0 Å². The molecule has 1 heterocycles. The largest absolute Gasteiger partial charge is 0.310 e. The highest BCUT2D eigenvalue weighted by molar-refractivity contribution is 7.25. The number of anilines is 3. The van der Waals surface area contributed by atoms with Crippen LogP contribution in [0.5, 0.6) is 0 Å². The minimum absolute atomic E-state index is 0.103. The van der Waals surface area contributed by atoms with Gasteiger partial charge in [0.15, 0.2) is 0 Å². The van der Waals surface area contributed by atoms with Crippen molar-refractivity contribution >= 4 is 48.6 Å². The molecule has 6 aromatic carbocycles. The molecule has 0 saturated heterocycles. The van der Waals surface area contributed by atoms with Crippen molar-refractivity contribution in [3.05, 3.63) is 150 Å². The molecule has 4 bridgehead atoms. The molecule has 55 heavy (non-hydrogen) atoms. The number of nitrogens with zero attached hydrogens (tertiary/aromatic N) is 1. The van der Waals surface area contributed by atoms with E-state index in [0.717, 1.165) is 23.7 Å². The molecule has 7 aliphatic rings. The lowest BCUT2D eigenvalue weighted by Crippen LogP contribution is -2.58. The Bertz CT molecular complexity index is 2730. The quantitative estimate of drug-likeness (QED) is 0.175. The van der Waals surface area contributed by atoms with Crippen LogP contribution in [0.2, 0.25) is 0 Å². The number of hydrogen-bond donors (Lipinski definition) is 0. The molecule has 7 aromatic rings. The van der Waals surface area contributed by atoms with Crippen LogP contribution in [0, 0.1) is 29.6 Å². The first-order valence-corrected chi connectivity index (χ1v) is 22.1. The van der Waals surface area contributed by atoms with Crippen LogP contribution in [-0.4, -0.2) is 0 Å². The SMILES string of the molecule is C[C@H]1C2CC3CC(C2)C2(c4ccccc4-c4ccc(N(c5ccc6sc7ccccc7c6c5)c5cccc6c5-c5ccccc5C65CCCCC5)cc42)C1C3. The summed E-state index contributed by atoms with van der Waals surface area (Å²) in [6.45, 7) is 2.62. The van der Waals surface area contributed by atoms with Gasteiger partial charge in [-0.05, 0) is 150 Å². The number of rotatable bonds is 3. The van der Waals surface area contributed by atoms with Gasteiger partial charge in [-0.25, -0.2) is 0 Å². The van der Waals surface area contributed by atoms with Crippen molar-refractivity contribution < 1.29 is 0 Å². The third kappa shape index (κ3) is 4.00. The molecule has 2 heteroatoms. The standard InChI is InChI=1S/C53H47NS/c1-32-34-26-33-27-35(29-34)53(46(32)28-33)44-16-7-3-12-38(44)39-22-20-37(31-47(39)53)54(36-21-23-50-42(30-36)40-13-5-8-19-49(40)55-50)48-18-11-17-45-51(48)41-14-4-6-15-43(41)52(45)24-9-2-10-25-52/h3-8,11-23,30-35,46H,2,9-10,24-29H2,1H3/t32-,33?,34?,35?,46?,53?/m0/s1. The fourth-order valence-electron chi connectivity index (χ4n) is 14.2. The van der Waals surface area contributed by atoms with Crippen LogP contribution >= 0.6 is 11.3 Å². The fourth-order valence-corrected chi connectivity index (χ4v) is 15.3. The van der Waals surface area contributed by atoms with Crippen LogP contribution in [0.25, 0.3) is 42.4 Å². The Hall–Kier alpha value is -4.66. The first-order valence-electron chi connectivity index (χ1n) is 21.3. The molecular weight excluding hydrogens is 683 g/mol. The lowest BCUT2D eigenvalue weighted by molar-refractivity contribution is -0.0817. The lowest BCUT2D eigenvalue weighted by Gasteiger charge is -2.64. The lowest BCUT2D eigenvalue weighted by atomic mass is 9.40. The molecule has 14 rings (SSSR count). The Morgan fingerprint density at radius 1 is 0.564 bits per heavy atom. The zero-order chi connectivity index (χ0) is 36.0. The third-order valence-electron chi connectivity index (χ3n) is 16.2. The summed E-state index contributed by atoms with van der Waals surface area (Å²) in [6, 6.07) is 50.4. The highest BCUT2D eigenvalue weighted by Crippen LogP contribution is 2.71. The summed E-state index contributed by atoms with van der Waals surface area (Å²) in [6.07, 6.45) is 12.1. The second kappa shape index (κ2) is 11.2. The monoisotopic (exact) mass is 729 g/mol. The molecule has 5 fully saturated rings. The molecule has 1 nitrogen and oxygen atoms in total. The second-order valence-electron chi connectivity index (χ2n) is 18.4. The van der Waals surface area contributed by atoms with Crippen molar-refractivity contribution in [1.82, 2.24) is 0 Å². The van der Waals surface area contributed by atoms with Gasteiger partial charge in [-0.1, -0.05) is 111 Å². The smallest absolute Gasteiger partial charge is 0.0543 e. The van der Waals surface area contributed by atoms with Crippen molar-refractivity contribution in [2.75, 3.05) is 4.90 Å². The van der Waals surface area contributed by atoms with Gasteiger partial charge in [-0.2, -0.15) is 0 Å². The summed E-state index contributed by atoms with van der Waals surface area (Å²) < 4.78 is 2.73. The van der Waals surface area contributed by atoms with Crippen LogP contribution < -0.4 is 4.90 Å². The van der Waals surface area contributed by atoms with Gasteiger partial charge in [0.1, 0.15) is 0 Å². The summed E-state index contributed by atoms with van der Waals surface area (Å²) in [5, 5.41) is 2.72. The van der Waals surface area contributed by atoms with E-state index in [9.17, 15) is 0 Å². The Balaban J connectivity index is 1.08. The zero-order valence-electron chi connectivity index (χ0n) is 31.7. The molecule has 0 radical (unpaired) electrons. The summed E-state index contributed by atoms with van der Waals surface area (Å²) in [5.74, 6) is 4.02. The van der Waals surface area contributed by atoms with Crippen LogP contribution in [0.3, 0.4) is 0 Å². The number of hydrogen-bond acceptors (Lipinski definition) is 2. The maximum absolute atomic E-state index is 2.71. The number of fused-ring (bicyclic) bond motifs is 11. The van der Waals surface area contributed by atoms with E-state index in [4.69, 9.17) is 0 Å². The van der Waals surface area contributed by atoms with E-state index < -0.39 is 0 Å². The van der Waals surface area contributed by atoms with Crippen molar-refractivity contribution in [2.45, 2.75) is 75.5 Å². The fraction of sp³-hybridized carbons (Fsp3) is 0.321. The Morgan fingerprint density at radius 3 is 2.20 bits per heavy atom. The Labute approximate surface area is 329 Å². The van der Waals surface area contributed by atoms with E-state index in [1.807, 2.05) is 11.3 Å².